The summed E-state index contributed by atoms with van der Waals surface area (Å²) in [6.07, 6.45) is -0.0498. The number of hydrogen-bond donors (Lipinski definition) is 0. The Morgan fingerprint density at radius 1 is 1.29 bits per heavy atom. The second kappa shape index (κ2) is 5.33. The third-order valence-corrected chi connectivity index (χ3v) is 3.23. The molecule has 1 heterocycles. The molecule has 0 aromatic heterocycles. The molecule has 0 aliphatic carbocycles. The molecule has 0 radical (unpaired) electrons. The number of nitrogens with zero attached hydrogens (tertiary/aromatic N) is 1. The first-order valence-corrected chi connectivity index (χ1v) is 6.46. The predicted molar refractivity (Wildman–Crippen MR) is 71.6 cm³/mol. The number of esters is 2. The first kappa shape index (κ1) is 15.2. The van der Waals surface area contributed by atoms with Crippen molar-refractivity contribution in [3.8, 4) is 0 Å². The second-order valence-electron chi connectivity index (χ2n) is 5.04. The normalized spacial score (nSPS) is 18.0. The van der Waals surface area contributed by atoms with Crippen molar-refractivity contribution < 1.29 is 24.0 Å². The van der Waals surface area contributed by atoms with Crippen LogP contribution in [0.4, 0.5) is 5.69 Å². The molecule has 0 amide bonds. The third kappa shape index (κ3) is 3.30. The summed E-state index contributed by atoms with van der Waals surface area (Å²) < 4.78 is 9.98. The molecule has 0 bridgehead atoms. The van der Waals surface area contributed by atoms with Crippen LogP contribution in [0, 0.1) is 16.0 Å². The number of carbonyl (C=O) groups is 2. The molecule has 8 heteroatoms. The lowest BCUT2D eigenvalue weighted by Gasteiger charge is -2.32. The molecule has 1 fully saturated rings. The minimum absolute atomic E-state index is 0.0151. The number of hydrogen-bond acceptors (Lipinski definition) is 6. The lowest BCUT2D eigenvalue weighted by Crippen LogP contribution is -2.46. The van der Waals surface area contributed by atoms with E-state index in [2.05, 4.69) is 0 Å². The van der Waals surface area contributed by atoms with Crippen molar-refractivity contribution in [3.05, 3.63) is 38.9 Å². The van der Waals surface area contributed by atoms with Gasteiger partial charge in [-0.25, -0.2) is 0 Å². The molecule has 0 N–H and O–H groups in total. The van der Waals surface area contributed by atoms with E-state index in [0.717, 1.165) is 0 Å². The van der Waals surface area contributed by atoms with Crippen LogP contribution in [-0.4, -0.2) is 22.6 Å². The Kier molecular flexibility index (Phi) is 3.87. The fourth-order valence-electron chi connectivity index (χ4n) is 1.97. The fraction of sp³-hybridized carbons (Fsp3) is 0.385. The van der Waals surface area contributed by atoms with Crippen molar-refractivity contribution in [2.75, 3.05) is 0 Å². The molecule has 1 aliphatic rings. The molecular weight excluding hydrogens is 302 g/mol. The smallest absolute Gasteiger partial charge is 0.323 e. The first-order valence-electron chi connectivity index (χ1n) is 6.08. The van der Waals surface area contributed by atoms with E-state index >= 15 is 0 Å². The number of halogens is 1. The van der Waals surface area contributed by atoms with Gasteiger partial charge in [-0.1, -0.05) is 17.7 Å². The van der Waals surface area contributed by atoms with Crippen LogP contribution in [0.15, 0.2) is 18.2 Å². The van der Waals surface area contributed by atoms with Crippen molar-refractivity contribution in [2.45, 2.75) is 26.1 Å². The first-order chi connectivity index (χ1) is 9.69. The molecule has 2 rings (SSSR count). The largest absolute Gasteiger partial charge is 0.422 e. The SMILES string of the molecule is CC1(C)OC(=O)C(Cc2ccc(Cl)c([N+](=O)[O-])c2)C(=O)O1. The number of nitro benzene ring substituents is 1. The Bertz CT molecular complexity index is 607. The fourth-order valence-corrected chi connectivity index (χ4v) is 2.16. The lowest BCUT2D eigenvalue weighted by molar-refractivity contribution is -0.384. The molecule has 1 aromatic rings. The highest BCUT2D eigenvalue weighted by Crippen LogP contribution is 2.29. The van der Waals surface area contributed by atoms with Gasteiger partial charge in [-0.3, -0.25) is 19.7 Å². The highest BCUT2D eigenvalue weighted by Gasteiger charge is 2.43. The number of nitro groups is 1. The molecule has 0 unspecified atom stereocenters. The molecule has 0 saturated carbocycles. The van der Waals surface area contributed by atoms with E-state index in [9.17, 15) is 19.7 Å². The summed E-state index contributed by atoms with van der Waals surface area (Å²) in [4.78, 5) is 33.8. The summed E-state index contributed by atoms with van der Waals surface area (Å²) in [5, 5.41) is 10.8. The van der Waals surface area contributed by atoms with Crippen molar-refractivity contribution >= 4 is 29.2 Å². The maximum atomic E-state index is 11.8. The van der Waals surface area contributed by atoms with E-state index in [0.29, 0.717) is 5.56 Å². The van der Waals surface area contributed by atoms with E-state index in [1.807, 2.05) is 0 Å². The Hall–Kier alpha value is -2.15. The van der Waals surface area contributed by atoms with Crippen molar-refractivity contribution in [2.24, 2.45) is 5.92 Å². The van der Waals surface area contributed by atoms with Gasteiger partial charge in [-0.2, -0.15) is 0 Å². The van der Waals surface area contributed by atoms with Crippen LogP contribution in [0.5, 0.6) is 0 Å². The van der Waals surface area contributed by atoms with Gasteiger partial charge in [0.05, 0.1) is 4.92 Å². The van der Waals surface area contributed by atoms with Crippen LogP contribution < -0.4 is 0 Å². The van der Waals surface area contributed by atoms with Crippen LogP contribution in [0.2, 0.25) is 5.02 Å². The van der Waals surface area contributed by atoms with E-state index < -0.39 is 28.6 Å². The van der Waals surface area contributed by atoms with Crippen LogP contribution in [-0.2, 0) is 25.5 Å². The minimum atomic E-state index is -1.29. The monoisotopic (exact) mass is 313 g/mol. The predicted octanol–water partition coefficient (Wildman–Crippen LogP) is 2.24. The van der Waals surface area contributed by atoms with E-state index in [4.69, 9.17) is 21.1 Å². The van der Waals surface area contributed by atoms with Crippen LogP contribution >= 0.6 is 11.6 Å². The summed E-state index contributed by atoms with van der Waals surface area (Å²) in [5.41, 5.74) is 0.136. The van der Waals surface area contributed by atoms with E-state index in [1.54, 1.807) is 0 Å². The third-order valence-electron chi connectivity index (χ3n) is 2.91. The molecule has 112 valence electrons. The maximum absolute atomic E-state index is 11.8. The number of benzene rings is 1. The Morgan fingerprint density at radius 3 is 2.38 bits per heavy atom. The number of ether oxygens (including phenoxy) is 2. The standard InChI is InChI=1S/C13H12ClNO6/c1-13(2)20-11(16)8(12(17)21-13)5-7-3-4-9(14)10(6-7)15(18)19/h3-4,6,8H,5H2,1-2H3. The molecule has 0 atom stereocenters. The van der Waals surface area contributed by atoms with Gasteiger partial charge in [0.25, 0.3) is 11.5 Å². The highest BCUT2D eigenvalue weighted by atomic mass is 35.5. The highest BCUT2D eigenvalue weighted by molar-refractivity contribution is 6.32. The second-order valence-corrected chi connectivity index (χ2v) is 5.45. The lowest BCUT2D eigenvalue weighted by atomic mass is 9.98. The number of cyclic esters (lactones) is 2. The van der Waals surface area contributed by atoms with Gasteiger partial charge in [0.15, 0.2) is 5.92 Å². The Labute approximate surface area is 124 Å². The molecule has 1 saturated heterocycles. The Morgan fingerprint density at radius 2 is 1.86 bits per heavy atom. The average molecular weight is 314 g/mol. The maximum Gasteiger partial charge on any atom is 0.323 e. The van der Waals surface area contributed by atoms with Crippen molar-refractivity contribution in [3.63, 3.8) is 0 Å². The summed E-state index contributed by atoms with van der Waals surface area (Å²) in [7, 11) is 0. The zero-order valence-corrected chi connectivity index (χ0v) is 12.0. The molecule has 1 aliphatic heterocycles. The van der Waals surface area contributed by atoms with Crippen LogP contribution in [0.1, 0.15) is 19.4 Å². The van der Waals surface area contributed by atoms with Crippen molar-refractivity contribution in [1.29, 1.82) is 0 Å². The van der Waals surface area contributed by atoms with Gasteiger partial charge in [-0.05, 0) is 18.1 Å². The van der Waals surface area contributed by atoms with E-state index in [1.165, 1.54) is 32.0 Å². The number of carbonyl (C=O) groups excluding carboxylic acids is 2. The van der Waals surface area contributed by atoms with Crippen molar-refractivity contribution in [1.82, 2.24) is 0 Å². The zero-order chi connectivity index (χ0) is 15.8. The minimum Gasteiger partial charge on any atom is -0.422 e. The van der Waals surface area contributed by atoms with Gasteiger partial charge >= 0.3 is 11.9 Å². The average Bonchev–Trinajstić information content (AvgIpc) is 2.34. The summed E-state index contributed by atoms with van der Waals surface area (Å²) in [6, 6.07) is 4.08. The molecule has 21 heavy (non-hydrogen) atoms. The summed E-state index contributed by atoms with van der Waals surface area (Å²) in [6.45, 7) is 2.90. The zero-order valence-electron chi connectivity index (χ0n) is 11.3. The van der Waals surface area contributed by atoms with Gasteiger partial charge in [-0.15, -0.1) is 0 Å². The van der Waals surface area contributed by atoms with Gasteiger partial charge in [0.2, 0.25) is 0 Å². The van der Waals surface area contributed by atoms with Gasteiger partial charge in [0.1, 0.15) is 5.02 Å². The van der Waals surface area contributed by atoms with E-state index in [-0.39, 0.29) is 17.1 Å². The molecule has 1 aromatic carbocycles. The van der Waals surface area contributed by atoms with Crippen LogP contribution in [0.3, 0.4) is 0 Å². The quantitative estimate of drug-likeness (QED) is 0.367. The number of rotatable bonds is 3. The van der Waals surface area contributed by atoms with Gasteiger partial charge in [0, 0.05) is 19.9 Å². The molecular formula is C13H12ClNO6. The topological polar surface area (TPSA) is 95.7 Å². The molecule has 0 spiro atoms. The summed E-state index contributed by atoms with van der Waals surface area (Å²) in [5.74, 6) is -3.86. The summed E-state index contributed by atoms with van der Waals surface area (Å²) >= 11 is 5.70. The van der Waals surface area contributed by atoms with Gasteiger partial charge < -0.3 is 9.47 Å². The molecule has 7 nitrogen and oxygen atoms in total. The van der Waals surface area contributed by atoms with Crippen LogP contribution in [0.25, 0.3) is 0 Å². The Balaban J connectivity index is 2.22.